The van der Waals surface area contributed by atoms with E-state index in [0.717, 1.165) is 32.0 Å². The van der Waals surface area contributed by atoms with Crippen molar-refractivity contribution in [3.05, 3.63) is 57.4 Å². The van der Waals surface area contributed by atoms with Crippen LogP contribution in [0, 0.1) is 0 Å². The highest BCUT2D eigenvalue weighted by Crippen LogP contribution is 2.43. The number of ether oxygens (including phenoxy) is 2. The van der Waals surface area contributed by atoms with E-state index in [1.54, 1.807) is 14.2 Å². The van der Waals surface area contributed by atoms with Crippen LogP contribution in [0.25, 0.3) is 32.0 Å². The second kappa shape index (κ2) is 6.38. The molecule has 0 saturated heterocycles. The minimum atomic E-state index is 0.0605. The number of benzene rings is 2. The van der Waals surface area contributed by atoms with Gasteiger partial charge in [-0.25, -0.2) is 0 Å². The zero-order valence-corrected chi connectivity index (χ0v) is 15.2. The van der Waals surface area contributed by atoms with Crippen LogP contribution in [0.2, 0.25) is 0 Å². The quantitative estimate of drug-likeness (QED) is 0.491. The first kappa shape index (κ1) is 15.9. The summed E-state index contributed by atoms with van der Waals surface area (Å²) in [5, 5.41) is 0. The number of hydrogen-bond donors (Lipinski definition) is 0. The largest absolute Gasteiger partial charge is 0.497 e. The molecular formula is C19H14O4S2. The summed E-state index contributed by atoms with van der Waals surface area (Å²) in [6, 6.07) is 15.3. The van der Waals surface area contributed by atoms with E-state index in [9.17, 15) is 4.79 Å². The Morgan fingerprint density at radius 3 is 1.48 bits per heavy atom. The number of hydrogen-bond acceptors (Lipinski definition) is 6. The molecule has 0 aliphatic carbocycles. The maximum absolute atomic E-state index is 12.0. The lowest BCUT2D eigenvalue weighted by Gasteiger charge is -2.02. The molecule has 4 aromatic rings. The van der Waals surface area contributed by atoms with Gasteiger partial charge in [0.15, 0.2) is 11.5 Å². The van der Waals surface area contributed by atoms with Crippen molar-refractivity contribution in [2.24, 2.45) is 0 Å². The van der Waals surface area contributed by atoms with Crippen molar-refractivity contribution in [3.63, 3.8) is 0 Å². The third-order valence-corrected chi connectivity index (χ3v) is 6.05. The van der Waals surface area contributed by atoms with Gasteiger partial charge >= 0.3 is 0 Å². The van der Waals surface area contributed by atoms with Gasteiger partial charge in [0.05, 0.1) is 23.6 Å². The Labute approximate surface area is 151 Å². The summed E-state index contributed by atoms with van der Waals surface area (Å²) >= 11 is 2.44. The van der Waals surface area contributed by atoms with E-state index in [1.807, 2.05) is 48.5 Å². The molecule has 0 saturated carbocycles. The Hall–Kier alpha value is -2.57. The van der Waals surface area contributed by atoms with Gasteiger partial charge < -0.3 is 13.9 Å². The van der Waals surface area contributed by atoms with Crippen molar-refractivity contribution >= 4 is 32.1 Å². The van der Waals surface area contributed by atoms with Crippen molar-refractivity contribution in [1.82, 2.24) is 0 Å². The number of furan rings is 1. The first-order valence-electron chi connectivity index (χ1n) is 7.55. The van der Waals surface area contributed by atoms with E-state index in [-0.39, 0.29) is 4.06 Å². The molecule has 0 aliphatic rings. The van der Waals surface area contributed by atoms with E-state index in [0.29, 0.717) is 11.5 Å². The van der Waals surface area contributed by atoms with Gasteiger partial charge in [0.2, 0.25) is 0 Å². The van der Waals surface area contributed by atoms with Crippen molar-refractivity contribution in [3.8, 4) is 34.1 Å². The number of fused-ring (bicyclic) bond motifs is 1. The topological polar surface area (TPSA) is 48.7 Å². The van der Waals surface area contributed by atoms with Gasteiger partial charge in [-0.1, -0.05) is 22.7 Å². The van der Waals surface area contributed by atoms with Crippen LogP contribution in [0.3, 0.4) is 0 Å². The normalized spacial score (nSPS) is 11.0. The molecule has 0 radical (unpaired) electrons. The average molecular weight is 370 g/mol. The highest BCUT2D eigenvalue weighted by molar-refractivity contribution is 7.36. The standard InChI is InChI=1S/C19H14O4S2/c1-21-13-7-3-11(4-8-13)15-17-18(25-19(20)24-17)16(23-15)12-5-9-14(22-2)10-6-12/h3-10H,1-2H3. The van der Waals surface area contributed by atoms with Gasteiger partial charge in [-0.2, -0.15) is 0 Å². The van der Waals surface area contributed by atoms with E-state index < -0.39 is 0 Å². The third-order valence-electron chi connectivity index (χ3n) is 3.90. The Bertz CT molecular complexity index is 987. The van der Waals surface area contributed by atoms with Crippen LogP contribution >= 0.6 is 22.7 Å². The van der Waals surface area contributed by atoms with Crippen LogP contribution in [0.5, 0.6) is 11.5 Å². The monoisotopic (exact) mass is 370 g/mol. The smallest absolute Gasteiger partial charge is 0.288 e. The Balaban J connectivity index is 1.89. The summed E-state index contributed by atoms with van der Waals surface area (Å²) in [4.78, 5) is 12.0. The molecule has 0 fully saturated rings. The van der Waals surface area contributed by atoms with E-state index in [2.05, 4.69) is 0 Å². The molecule has 0 N–H and O–H groups in total. The lowest BCUT2D eigenvalue weighted by Crippen LogP contribution is -1.83. The molecule has 0 spiro atoms. The summed E-state index contributed by atoms with van der Waals surface area (Å²) in [5.41, 5.74) is 1.83. The molecule has 25 heavy (non-hydrogen) atoms. The van der Waals surface area contributed by atoms with Crippen molar-refractivity contribution in [1.29, 1.82) is 0 Å². The predicted octanol–water partition coefficient (Wildman–Crippen LogP) is 5.27. The first-order valence-corrected chi connectivity index (χ1v) is 9.18. The van der Waals surface area contributed by atoms with Gasteiger partial charge in [0.1, 0.15) is 11.5 Å². The summed E-state index contributed by atoms with van der Waals surface area (Å²) in [6.07, 6.45) is 0. The zero-order valence-electron chi connectivity index (χ0n) is 13.6. The van der Waals surface area contributed by atoms with Crippen molar-refractivity contribution in [2.75, 3.05) is 14.2 Å². The van der Waals surface area contributed by atoms with Crippen LogP contribution in [0.1, 0.15) is 0 Å². The van der Waals surface area contributed by atoms with Gasteiger partial charge in [0, 0.05) is 11.1 Å². The second-order valence-electron chi connectivity index (χ2n) is 5.33. The minimum absolute atomic E-state index is 0.0605. The Kier molecular flexibility index (Phi) is 4.07. The summed E-state index contributed by atoms with van der Waals surface area (Å²) < 4.78 is 18.4. The van der Waals surface area contributed by atoms with Crippen LogP contribution in [0.15, 0.2) is 57.7 Å². The molecule has 126 valence electrons. The Morgan fingerprint density at radius 2 is 1.12 bits per heavy atom. The molecule has 6 heteroatoms. The fourth-order valence-electron chi connectivity index (χ4n) is 2.64. The van der Waals surface area contributed by atoms with Crippen molar-refractivity contribution in [2.45, 2.75) is 0 Å². The van der Waals surface area contributed by atoms with Crippen LogP contribution in [0.4, 0.5) is 0 Å². The average Bonchev–Trinajstić information content (AvgIpc) is 3.19. The zero-order chi connectivity index (χ0) is 17.4. The molecule has 4 rings (SSSR count). The van der Waals surface area contributed by atoms with Crippen LogP contribution in [-0.4, -0.2) is 14.2 Å². The SMILES string of the molecule is COc1ccc(-c2oc(-c3ccc(OC)cc3)c3sc(=O)sc23)cc1. The lowest BCUT2D eigenvalue weighted by molar-refractivity contribution is 0.415. The Morgan fingerprint density at radius 1 is 0.720 bits per heavy atom. The van der Waals surface area contributed by atoms with E-state index >= 15 is 0 Å². The first-order chi connectivity index (χ1) is 12.2. The third kappa shape index (κ3) is 2.83. The summed E-state index contributed by atoms with van der Waals surface area (Å²) in [7, 11) is 3.26. The molecular weight excluding hydrogens is 356 g/mol. The maximum atomic E-state index is 12.0. The van der Waals surface area contributed by atoms with Crippen molar-refractivity contribution < 1.29 is 13.9 Å². The summed E-state index contributed by atoms with van der Waals surface area (Å²) in [5.74, 6) is 2.99. The van der Waals surface area contributed by atoms with Gasteiger partial charge in [-0.15, -0.1) is 0 Å². The van der Waals surface area contributed by atoms with E-state index in [4.69, 9.17) is 13.9 Å². The highest BCUT2D eigenvalue weighted by atomic mass is 32.2. The molecule has 0 aliphatic heterocycles. The maximum Gasteiger partial charge on any atom is 0.288 e. The predicted molar refractivity (Wildman–Crippen MR) is 102 cm³/mol. The van der Waals surface area contributed by atoms with Crippen LogP contribution < -0.4 is 13.5 Å². The molecule has 0 unspecified atom stereocenters. The molecule has 0 amide bonds. The minimum Gasteiger partial charge on any atom is -0.497 e. The molecule has 0 atom stereocenters. The molecule has 2 aromatic carbocycles. The molecule has 4 nitrogen and oxygen atoms in total. The van der Waals surface area contributed by atoms with Gasteiger partial charge in [-0.05, 0) is 48.5 Å². The van der Waals surface area contributed by atoms with Gasteiger partial charge in [0.25, 0.3) is 4.06 Å². The fourth-order valence-corrected chi connectivity index (χ4v) is 4.76. The molecule has 0 bridgehead atoms. The molecule has 2 heterocycles. The summed E-state index contributed by atoms with van der Waals surface area (Å²) in [6.45, 7) is 0. The van der Waals surface area contributed by atoms with Gasteiger partial charge in [-0.3, -0.25) is 4.79 Å². The second-order valence-corrected chi connectivity index (χ2v) is 7.55. The van der Waals surface area contributed by atoms with E-state index in [1.165, 1.54) is 22.7 Å². The molecule has 2 aromatic heterocycles. The highest BCUT2D eigenvalue weighted by Gasteiger charge is 2.20. The van der Waals surface area contributed by atoms with Crippen LogP contribution in [-0.2, 0) is 0 Å². The number of rotatable bonds is 4. The lowest BCUT2D eigenvalue weighted by atomic mass is 10.1. The fraction of sp³-hybridized carbons (Fsp3) is 0.105. The number of methoxy groups -OCH3 is 2.